The van der Waals surface area contributed by atoms with Crippen molar-refractivity contribution in [2.45, 2.75) is 63.5 Å². The highest BCUT2D eigenvalue weighted by molar-refractivity contribution is 5.74. The first-order chi connectivity index (χ1) is 12.2. The van der Waals surface area contributed by atoms with Crippen molar-refractivity contribution in [3.05, 3.63) is 12.3 Å². The highest BCUT2D eigenvalue weighted by atomic mass is 16.5. The molecule has 2 aliphatic rings. The van der Waals surface area contributed by atoms with Crippen LogP contribution in [0.5, 0.6) is 11.9 Å². The molecule has 1 saturated heterocycles. The molecule has 7 heteroatoms. The number of carbonyl (C=O) groups is 1. The second-order valence-electron chi connectivity index (χ2n) is 6.82. The zero-order valence-corrected chi connectivity index (χ0v) is 14.9. The van der Waals surface area contributed by atoms with Gasteiger partial charge in [0.2, 0.25) is 5.88 Å². The lowest BCUT2D eigenvalue weighted by atomic mass is 10.1. The second-order valence-corrected chi connectivity index (χ2v) is 6.82. The summed E-state index contributed by atoms with van der Waals surface area (Å²) < 4.78 is 10.9. The number of hydrogen-bond donors (Lipinski definition) is 1. The van der Waals surface area contributed by atoms with Crippen molar-refractivity contribution in [2.75, 3.05) is 20.2 Å². The monoisotopic (exact) mass is 348 g/mol. The van der Waals surface area contributed by atoms with Gasteiger partial charge in [0, 0.05) is 44.2 Å². The summed E-state index contributed by atoms with van der Waals surface area (Å²) in [5, 5.41) is 3.22. The van der Waals surface area contributed by atoms with Crippen molar-refractivity contribution in [3.63, 3.8) is 0 Å². The summed E-state index contributed by atoms with van der Waals surface area (Å²) in [5.74, 6) is 0.521. The normalized spacial score (nSPS) is 20.0. The maximum Gasteiger partial charge on any atom is 0.319 e. The van der Waals surface area contributed by atoms with Crippen LogP contribution in [-0.2, 0) is 0 Å². The number of hydrogen-bond acceptors (Lipinski definition) is 5. The molecule has 7 nitrogen and oxygen atoms in total. The van der Waals surface area contributed by atoms with Crippen LogP contribution in [0.2, 0.25) is 0 Å². The Labute approximate surface area is 149 Å². The van der Waals surface area contributed by atoms with Crippen molar-refractivity contribution in [3.8, 4) is 11.9 Å². The van der Waals surface area contributed by atoms with Crippen LogP contribution >= 0.6 is 0 Å². The van der Waals surface area contributed by atoms with Crippen LogP contribution in [0.15, 0.2) is 12.3 Å². The number of rotatable bonds is 4. The summed E-state index contributed by atoms with van der Waals surface area (Å²) in [6, 6.07) is 2.46. The van der Waals surface area contributed by atoms with Crippen LogP contribution in [0.4, 0.5) is 4.79 Å². The molecule has 0 spiro atoms. The lowest BCUT2D eigenvalue weighted by molar-refractivity contribution is 0.105. The number of nitrogens with zero attached hydrogens (tertiary/aromatic N) is 3. The third-order valence-corrected chi connectivity index (χ3v) is 4.99. The molecule has 1 N–H and O–H groups in total. The van der Waals surface area contributed by atoms with Crippen LogP contribution in [0, 0.1) is 0 Å². The fourth-order valence-electron chi connectivity index (χ4n) is 3.53. The van der Waals surface area contributed by atoms with Gasteiger partial charge in [-0.05, 0) is 12.8 Å². The van der Waals surface area contributed by atoms with Crippen LogP contribution in [-0.4, -0.2) is 53.2 Å². The lowest BCUT2D eigenvalue weighted by Crippen LogP contribution is -2.49. The first kappa shape index (κ1) is 17.8. The molecule has 1 aromatic heterocycles. The number of methoxy groups -OCH3 is 1. The molecule has 2 amide bonds. The summed E-state index contributed by atoms with van der Waals surface area (Å²) in [6.07, 6.45) is 10.6. The molecule has 1 aliphatic carbocycles. The van der Waals surface area contributed by atoms with Gasteiger partial charge in [-0.1, -0.05) is 25.7 Å². The minimum Gasteiger partial charge on any atom is -0.474 e. The molecule has 138 valence electrons. The Kier molecular flexibility index (Phi) is 6.30. The molecule has 0 radical (unpaired) electrons. The van der Waals surface area contributed by atoms with Gasteiger partial charge in [0.25, 0.3) is 0 Å². The van der Waals surface area contributed by atoms with Crippen molar-refractivity contribution in [1.82, 2.24) is 20.2 Å². The van der Waals surface area contributed by atoms with E-state index in [9.17, 15) is 4.79 Å². The predicted octanol–water partition coefficient (Wildman–Crippen LogP) is 2.76. The highest BCUT2D eigenvalue weighted by Crippen LogP contribution is 2.20. The molecule has 0 bridgehead atoms. The van der Waals surface area contributed by atoms with Crippen LogP contribution in [0.3, 0.4) is 0 Å². The molecule has 1 aromatic rings. The molecule has 2 heterocycles. The molecule has 2 fully saturated rings. The first-order valence-electron chi connectivity index (χ1n) is 9.34. The molecule has 3 rings (SSSR count). The quantitative estimate of drug-likeness (QED) is 0.847. The number of amides is 2. The SMILES string of the molecule is COc1nccc(OC2CCN(C(=O)NC3CCCCCC3)CC2)n1. The molecule has 0 unspecified atom stereocenters. The third-order valence-electron chi connectivity index (χ3n) is 4.99. The highest BCUT2D eigenvalue weighted by Gasteiger charge is 2.26. The van der Waals surface area contributed by atoms with Gasteiger partial charge in [0.15, 0.2) is 0 Å². The molecule has 1 aliphatic heterocycles. The Morgan fingerprint density at radius 3 is 2.56 bits per heavy atom. The Hall–Kier alpha value is -2.05. The zero-order chi connectivity index (χ0) is 17.5. The minimum atomic E-state index is 0.0709. The maximum absolute atomic E-state index is 12.5. The number of ether oxygens (including phenoxy) is 2. The molecule has 1 saturated carbocycles. The van der Waals surface area contributed by atoms with E-state index in [1.807, 2.05) is 4.90 Å². The van der Waals surface area contributed by atoms with Gasteiger partial charge in [-0.15, -0.1) is 0 Å². The molecule has 0 aromatic carbocycles. The van der Waals surface area contributed by atoms with Gasteiger partial charge in [-0.25, -0.2) is 9.78 Å². The second kappa shape index (κ2) is 8.87. The summed E-state index contributed by atoms with van der Waals surface area (Å²) >= 11 is 0. The molecular formula is C18H28N4O3. The number of aromatic nitrogens is 2. The Bertz CT molecular complexity index is 553. The van der Waals surface area contributed by atoms with E-state index in [0.29, 0.717) is 31.0 Å². The van der Waals surface area contributed by atoms with Crippen LogP contribution in [0.25, 0.3) is 0 Å². The van der Waals surface area contributed by atoms with Gasteiger partial charge in [0.1, 0.15) is 6.10 Å². The smallest absolute Gasteiger partial charge is 0.319 e. The summed E-state index contributed by atoms with van der Waals surface area (Å²) in [7, 11) is 1.53. The summed E-state index contributed by atoms with van der Waals surface area (Å²) in [4.78, 5) is 22.5. The van der Waals surface area contributed by atoms with E-state index in [1.165, 1.54) is 32.8 Å². The van der Waals surface area contributed by atoms with E-state index in [-0.39, 0.29) is 12.1 Å². The van der Waals surface area contributed by atoms with Crippen molar-refractivity contribution in [1.29, 1.82) is 0 Å². The summed E-state index contributed by atoms with van der Waals surface area (Å²) in [6.45, 7) is 1.43. The first-order valence-corrected chi connectivity index (χ1v) is 9.34. The fraction of sp³-hybridized carbons (Fsp3) is 0.722. The van der Waals surface area contributed by atoms with Crippen molar-refractivity contribution in [2.24, 2.45) is 0 Å². The molecule has 25 heavy (non-hydrogen) atoms. The Morgan fingerprint density at radius 2 is 1.88 bits per heavy atom. The number of urea groups is 1. The van der Waals surface area contributed by atoms with E-state index >= 15 is 0 Å². The van der Waals surface area contributed by atoms with E-state index in [4.69, 9.17) is 9.47 Å². The van der Waals surface area contributed by atoms with Gasteiger partial charge in [0.05, 0.1) is 7.11 Å². The van der Waals surface area contributed by atoms with E-state index in [2.05, 4.69) is 15.3 Å². The number of piperidine rings is 1. The summed E-state index contributed by atoms with van der Waals surface area (Å²) in [5.41, 5.74) is 0. The van der Waals surface area contributed by atoms with Crippen LogP contribution in [0.1, 0.15) is 51.4 Å². The average Bonchev–Trinajstić information content (AvgIpc) is 2.91. The van der Waals surface area contributed by atoms with E-state index in [1.54, 1.807) is 12.3 Å². The molecular weight excluding hydrogens is 320 g/mol. The average molecular weight is 348 g/mol. The third kappa shape index (κ3) is 5.21. The van der Waals surface area contributed by atoms with Crippen molar-refractivity contribution >= 4 is 6.03 Å². The van der Waals surface area contributed by atoms with Gasteiger partial charge >= 0.3 is 12.0 Å². The largest absolute Gasteiger partial charge is 0.474 e. The standard InChI is InChI=1S/C18H28N4O3/c1-24-17-19-11-8-16(21-17)25-15-9-12-22(13-10-15)18(23)20-14-6-4-2-3-5-7-14/h8,11,14-15H,2-7,9-10,12-13H2,1H3,(H,20,23). The number of nitrogens with one attached hydrogen (secondary N) is 1. The molecule has 0 atom stereocenters. The minimum absolute atomic E-state index is 0.0709. The lowest BCUT2D eigenvalue weighted by Gasteiger charge is -2.33. The van der Waals surface area contributed by atoms with Gasteiger partial charge in [-0.2, -0.15) is 4.98 Å². The van der Waals surface area contributed by atoms with E-state index < -0.39 is 0 Å². The van der Waals surface area contributed by atoms with Gasteiger partial charge in [-0.3, -0.25) is 0 Å². The van der Waals surface area contributed by atoms with Crippen LogP contribution < -0.4 is 14.8 Å². The Balaban J connectivity index is 1.43. The maximum atomic E-state index is 12.5. The number of carbonyl (C=O) groups excluding carboxylic acids is 1. The number of likely N-dealkylation sites (tertiary alicyclic amines) is 1. The van der Waals surface area contributed by atoms with E-state index in [0.717, 1.165) is 25.7 Å². The zero-order valence-electron chi connectivity index (χ0n) is 14.9. The van der Waals surface area contributed by atoms with Crippen molar-refractivity contribution < 1.29 is 14.3 Å². The van der Waals surface area contributed by atoms with Gasteiger partial charge < -0.3 is 19.7 Å². The predicted molar refractivity (Wildman–Crippen MR) is 93.8 cm³/mol. The Morgan fingerprint density at radius 1 is 1.16 bits per heavy atom. The topological polar surface area (TPSA) is 76.6 Å². The fourth-order valence-corrected chi connectivity index (χ4v) is 3.53.